The van der Waals surface area contributed by atoms with E-state index in [1.54, 1.807) is 6.92 Å². The van der Waals surface area contributed by atoms with Gasteiger partial charge >= 0.3 is 0 Å². The highest BCUT2D eigenvalue weighted by molar-refractivity contribution is 7.89. The Balaban J connectivity index is 2.99. The van der Waals surface area contributed by atoms with Crippen LogP contribution in [0.1, 0.15) is 12.0 Å². The number of carbonyl (C=O) groups excluding carboxylic acids is 1. The van der Waals surface area contributed by atoms with E-state index in [1.165, 1.54) is 12.1 Å². The molecule has 100 valence electrons. The second kappa shape index (κ2) is 5.88. The third-order valence-electron chi connectivity index (χ3n) is 2.24. The number of nitrogens with one attached hydrogen (secondary N) is 1. The van der Waals surface area contributed by atoms with Crippen LogP contribution in [-0.4, -0.2) is 20.9 Å². The quantitative estimate of drug-likeness (QED) is 0.862. The third-order valence-corrected chi connectivity index (χ3v) is 4.75. The number of rotatable bonds is 5. The molecule has 1 rings (SSSR count). The highest BCUT2D eigenvalue weighted by Crippen LogP contribution is 2.29. The van der Waals surface area contributed by atoms with Crippen LogP contribution < -0.4 is 10.5 Å². The zero-order valence-corrected chi connectivity index (χ0v) is 11.9. The van der Waals surface area contributed by atoms with Crippen molar-refractivity contribution in [3.63, 3.8) is 0 Å². The Bertz CT molecular complexity index is 573. The average molecular weight is 311 g/mol. The summed E-state index contributed by atoms with van der Waals surface area (Å²) in [4.78, 5) is 10.5. The number of carbonyl (C=O) groups is 1. The number of halogens is 2. The van der Waals surface area contributed by atoms with Crippen molar-refractivity contribution in [1.29, 1.82) is 0 Å². The number of sulfonamides is 1. The molecule has 0 heterocycles. The second-order valence-corrected chi connectivity index (χ2v) is 6.12. The van der Waals surface area contributed by atoms with Crippen molar-refractivity contribution in [2.45, 2.75) is 18.2 Å². The predicted octanol–water partition coefficient (Wildman–Crippen LogP) is 1.46. The monoisotopic (exact) mass is 310 g/mol. The van der Waals surface area contributed by atoms with Gasteiger partial charge in [-0.15, -0.1) is 0 Å². The zero-order valence-electron chi connectivity index (χ0n) is 9.54. The van der Waals surface area contributed by atoms with Crippen LogP contribution in [0, 0.1) is 6.92 Å². The van der Waals surface area contributed by atoms with Crippen molar-refractivity contribution in [1.82, 2.24) is 4.72 Å². The number of benzene rings is 1. The minimum atomic E-state index is -3.77. The Hall–Kier alpha value is -0.820. The lowest BCUT2D eigenvalue weighted by Gasteiger charge is -2.10. The van der Waals surface area contributed by atoms with Gasteiger partial charge in [-0.3, -0.25) is 4.79 Å². The minimum absolute atomic E-state index is 0.0640. The lowest BCUT2D eigenvalue weighted by molar-refractivity contribution is -0.117. The predicted molar refractivity (Wildman–Crippen MR) is 70.2 cm³/mol. The van der Waals surface area contributed by atoms with E-state index in [0.29, 0.717) is 10.6 Å². The molecule has 0 spiro atoms. The van der Waals surface area contributed by atoms with Crippen molar-refractivity contribution < 1.29 is 13.2 Å². The molecular weight excluding hydrogens is 299 g/mol. The van der Waals surface area contributed by atoms with Gasteiger partial charge in [0.25, 0.3) is 0 Å². The van der Waals surface area contributed by atoms with E-state index in [-0.39, 0.29) is 22.9 Å². The van der Waals surface area contributed by atoms with Crippen LogP contribution >= 0.6 is 23.2 Å². The lowest BCUT2D eigenvalue weighted by atomic mass is 10.2. The van der Waals surface area contributed by atoms with E-state index in [9.17, 15) is 13.2 Å². The van der Waals surface area contributed by atoms with Gasteiger partial charge in [0.2, 0.25) is 15.9 Å². The number of nitrogens with two attached hydrogens (primary N) is 1. The first-order chi connectivity index (χ1) is 8.25. The number of primary amides is 1. The Kier molecular flexibility index (Phi) is 4.98. The summed E-state index contributed by atoms with van der Waals surface area (Å²) in [6.07, 6.45) is -0.0799. The van der Waals surface area contributed by atoms with Crippen molar-refractivity contribution in [2.75, 3.05) is 6.54 Å². The molecule has 0 radical (unpaired) electrons. The van der Waals surface area contributed by atoms with Gasteiger partial charge in [0.1, 0.15) is 4.90 Å². The first-order valence-electron chi connectivity index (χ1n) is 4.98. The molecule has 5 nitrogen and oxygen atoms in total. The first-order valence-corrected chi connectivity index (χ1v) is 7.22. The summed E-state index contributed by atoms with van der Waals surface area (Å²) in [5.74, 6) is -0.587. The highest BCUT2D eigenvalue weighted by atomic mass is 35.5. The molecule has 8 heteroatoms. The van der Waals surface area contributed by atoms with Gasteiger partial charge in [0.15, 0.2) is 0 Å². The summed E-state index contributed by atoms with van der Waals surface area (Å²) in [5.41, 5.74) is 5.40. The smallest absolute Gasteiger partial charge is 0.242 e. The molecule has 0 fully saturated rings. The molecule has 1 aromatic rings. The summed E-state index contributed by atoms with van der Waals surface area (Å²) in [5, 5.41) is 0.449. The highest BCUT2D eigenvalue weighted by Gasteiger charge is 2.19. The van der Waals surface area contributed by atoms with Crippen molar-refractivity contribution in [3.8, 4) is 0 Å². The minimum Gasteiger partial charge on any atom is -0.370 e. The molecule has 1 amide bonds. The van der Waals surface area contributed by atoms with Crippen LogP contribution in [0.15, 0.2) is 17.0 Å². The van der Waals surface area contributed by atoms with Gasteiger partial charge in [0.05, 0.1) is 5.02 Å². The van der Waals surface area contributed by atoms with Gasteiger partial charge in [0, 0.05) is 18.0 Å². The fourth-order valence-corrected chi connectivity index (χ4v) is 3.07. The van der Waals surface area contributed by atoms with Crippen molar-refractivity contribution in [3.05, 3.63) is 27.7 Å². The summed E-state index contributed by atoms with van der Waals surface area (Å²) in [6, 6.07) is 2.76. The average Bonchev–Trinajstić information content (AvgIpc) is 2.24. The molecule has 0 bridgehead atoms. The molecule has 0 unspecified atom stereocenters. The fourth-order valence-electron chi connectivity index (χ4n) is 1.23. The van der Waals surface area contributed by atoms with Crippen LogP contribution in [0.3, 0.4) is 0 Å². The van der Waals surface area contributed by atoms with Gasteiger partial charge in [-0.25, -0.2) is 13.1 Å². The van der Waals surface area contributed by atoms with Crippen LogP contribution in [0.25, 0.3) is 0 Å². The molecule has 0 saturated heterocycles. The maximum Gasteiger partial charge on any atom is 0.242 e. The molecular formula is C10H12Cl2N2O3S. The zero-order chi connectivity index (χ0) is 13.9. The van der Waals surface area contributed by atoms with Crippen LogP contribution in [0.5, 0.6) is 0 Å². The van der Waals surface area contributed by atoms with Crippen LogP contribution in [0.4, 0.5) is 0 Å². The molecule has 18 heavy (non-hydrogen) atoms. The molecule has 0 atom stereocenters. The Morgan fingerprint density at radius 3 is 2.56 bits per heavy atom. The standard InChI is InChI=1S/C10H12Cl2N2O3S/c1-6-7(11)2-3-8(10(6)12)18(16,17)14-5-4-9(13)15/h2-3,14H,4-5H2,1H3,(H2,13,15). The van der Waals surface area contributed by atoms with E-state index in [2.05, 4.69) is 4.72 Å². The molecule has 0 aliphatic heterocycles. The lowest BCUT2D eigenvalue weighted by Crippen LogP contribution is -2.28. The SMILES string of the molecule is Cc1c(Cl)ccc(S(=O)(=O)NCCC(N)=O)c1Cl. The third kappa shape index (κ3) is 3.58. The van der Waals surface area contributed by atoms with E-state index in [1.807, 2.05) is 0 Å². The summed E-state index contributed by atoms with van der Waals surface area (Å²) < 4.78 is 26.1. The first kappa shape index (κ1) is 15.2. The molecule has 0 aliphatic rings. The second-order valence-electron chi connectivity index (χ2n) is 3.60. The summed E-state index contributed by atoms with van der Waals surface area (Å²) in [6.45, 7) is 1.54. The molecule has 0 aromatic heterocycles. The summed E-state index contributed by atoms with van der Waals surface area (Å²) in [7, 11) is -3.77. The van der Waals surface area contributed by atoms with Gasteiger partial charge in [-0.1, -0.05) is 23.2 Å². The maximum atomic E-state index is 11.9. The van der Waals surface area contributed by atoms with Crippen LogP contribution in [0.2, 0.25) is 10.0 Å². The molecule has 3 N–H and O–H groups in total. The van der Waals surface area contributed by atoms with Gasteiger partial charge in [-0.2, -0.15) is 0 Å². The topological polar surface area (TPSA) is 89.3 Å². The molecule has 0 aliphatic carbocycles. The number of amides is 1. The maximum absolute atomic E-state index is 11.9. The summed E-state index contributed by atoms with van der Waals surface area (Å²) >= 11 is 11.8. The largest absolute Gasteiger partial charge is 0.370 e. The van der Waals surface area contributed by atoms with E-state index >= 15 is 0 Å². The normalized spacial score (nSPS) is 11.5. The Labute approximate surface area is 115 Å². The van der Waals surface area contributed by atoms with E-state index in [4.69, 9.17) is 28.9 Å². The van der Waals surface area contributed by atoms with Crippen molar-refractivity contribution >= 4 is 39.1 Å². The van der Waals surface area contributed by atoms with Gasteiger partial charge < -0.3 is 5.73 Å². The number of hydrogen-bond acceptors (Lipinski definition) is 3. The van der Waals surface area contributed by atoms with E-state index < -0.39 is 15.9 Å². The van der Waals surface area contributed by atoms with Gasteiger partial charge in [-0.05, 0) is 24.6 Å². The Morgan fingerprint density at radius 2 is 2.00 bits per heavy atom. The fraction of sp³-hybridized carbons (Fsp3) is 0.300. The molecule has 0 saturated carbocycles. The van der Waals surface area contributed by atoms with E-state index in [0.717, 1.165) is 0 Å². The number of hydrogen-bond donors (Lipinski definition) is 2. The van der Waals surface area contributed by atoms with Crippen molar-refractivity contribution in [2.24, 2.45) is 5.73 Å². The van der Waals surface area contributed by atoms with Crippen LogP contribution in [-0.2, 0) is 14.8 Å². The molecule has 1 aromatic carbocycles. The Morgan fingerprint density at radius 1 is 1.39 bits per heavy atom.